The van der Waals surface area contributed by atoms with Gasteiger partial charge >= 0.3 is 0 Å². The molecule has 31 heavy (non-hydrogen) atoms. The molecule has 1 amide bonds. The van der Waals surface area contributed by atoms with Gasteiger partial charge in [0, 0.05) is 11.6 Å². The highest BCUT2D eigenvalue weighted by Crippen LogP contribution is 2.40. The molecule has 0 fully saturated rings. The van der Waals surface area contributed by atoms with Crippen LogP contribution in [0.15, 0.2) is 82.0 Å². The average Bonchev–Trinajstić information content (AvgIpc) is 3.07. The molecule has 5 rings (SSSR count). The summed E-state index contributed by atoms with van der Waals surface area (Å²) in [6.07, 6.45) is 0. The Morgan fingerprint density at radius 1 is 0.968 bits per heavy atom. The number of methoxy groups -OCH3 is 1. The van der Waals surface area contributed by atoms with E-state index >= 15 is 0 Å². The van der Waals surface area contributed by atoms with E-state index in [1.54, 1.807) is 42.3 Å². The molecular formula is C25H18ClNO4. The molecule has 0 unspecified atom stereocenters. The molecule has 1 aliphatic rings. The van der Waals surface area contributed by atoms with Crippen LogP contribution >= 0.6 is 11.6 Å². The van der Waals surface area contributed by atoms with Crippen LogP contribution in [0.4, 0.5) is 0 Å². The largest absolute Gasteiger partial charge is 0.497 e. The van der Waals surface area contributed by atoms with Gasteiger partial charge in [-0.15, -0.1) is 0 Å². The fourth-order valence-corrected chi connectivity index (χ4v) is 4.27. The van der Waals surface area contributed by atoms with Gasteiger partial charge in [0.15, 0.2) is 5.43 Å². The third-order valence-electron chi connectivity index (χ3n) is 5.60. The van der Waals surface area contributed by atoms with Crippen molar-refractivity contribution in [2.75, 3.05) is 7.11 Å². The summed E-state index contributed by atoms with van der Waals surface area (Å²) in [5, 5.41) is 1.01. The SMILES string of the molecule is COc1ccc([C@H]2c3c(oc4ccccc4c3=O)C(=O)N2Cc2ccccc2Cl)cc1. The zero-order valence-electron chi connectivity index (χ0n) is 16.7. The van der Waals surface area contributed by atoms with E-state index in [0.29, 0.717) is 27.3 Å². The van der Waals surface area contributed by atoms with Crippen molar-refractivity contribution in [3.8, 4) is 5.75 Å². The Labute approximate surface area is 183 Å². The molecule has 0 bridgehead atoms. The quantitative estimate of drug-likeness (QED) is 0.445. The average molecular weight is 432 g/mol. The number of amides is 1. The van der Waals surface area contributed by atoms with Gasteiger partial charge in [-0.05, 0) is 41.5 Å². The standard InChI is InChI=1S/C25H18ClNO4/c1-30-17-12-10-15(11-13-17)22-21-23(28)18-7-3-5-9-20(18)31-24(21)25(29)27(22)14-16-6-2-4-8-19(16)26/h2-13,22H,14H2,1H3/t22-/m0/s1. The first kappa shape index (κ1) is 19.4. The Kier molecular flexibility index (Phi) is 4.75. The number of hydrogen-bond acceptors (Lipinski definition) is 4. The molecular weight excluding hydrogens is 414 g/mol. The van der Waals surface area contributed by atoms with Crippen LogP contribution in [0.2, 0.25) is 5.02 Å². The second-order valence-electron chi connectivity index (χ2n) is 7.37. The third kappa shape index (κ3) is 3.18. The van der Waals surface area contributed by atoms with Crippen molar-refractivity contribution in [3.63, 3.8) is 0 Å². The van der Waals surface area contributed by atoms with Gasteiger partial charge in [0.25, 0.3) is 5.91 Å². The van der Waals surface area contributed by atoms with Crippen molar-refractivity contribution in [2.24, 2.45) is 0 Å². The fraction of sp³-hybridized carbons (Fsp3) is 0.120. The lowest BCUT2D eigenvalue weighted by Crippen LogP contribution is -2.29. The highest BCUT2D eigenvalue weighted by molar-refractivity contribution is 6.31. The van der Waals surface area contributed by atoms with Crippen molar-refractivity contribution in [2.45, 2.75) is 12.6 Å². The number of hydrogen-bond donors (Lipinski definition) is 0. The lowest BCUT2D eigenvalue weighted by atomic mass is 9.98. The van der Waals surface area contributed by atoms with Crippen LogP contribution in [0, 0.1) is 0 Å². The molecule has 1 aromatic heterocycles. The van der Waals surface area contributed by atoms with Crippen LogP contribution in [0.1, 0.15) is 33.3 Å². The highest BCUT2D eigenvalue weighted by atomic mass is 35.5. The summed E-state index contributed by atoms with van der Waals surface area (Å²) in [6.45, 7) is 0.245. The van der Waals surface area contributed by atoms with E-state index < -0.39 is 6.04 Å². The summed E-state index contributed by atoms with van der Waals surface area (Å²) in [6, 6.07) is 21.1. The van der Waals surface area contributed by atoms with E-state index in [9.17, 15) is 9.59 Å². The predicted molar refractivity (Wildman–Crippen MR) is 119 cm³/mol. The lowest BCUT2D eigenvalue weighted by molar-refractivity contribution is 0.0714. The molecule has 0 aliphatic carbocycles. The van der Waals surface area contributed by atoms with Crippen LogP contribution in [-0.2, 0) is 6.54 Å². The minimum Gasteiger partial charge on any atom is -0.497 e. The first-order chi connectivity index (χ1) is 15.1. The fourth-order valence-electron chi connectivity index (χ4n) is 4.07. The molecule has 3 aromatic carbocycles. The molecule has 1 aliphatic heterocycles. The van der Waals surface area contributed by atoms with E-state index in [-0.39, 0.29) is 23.6 Å². The smallest absolute Gasteiger partial charge is 0.291 e. The van der Waals surface area contributed by atoms with Crippen molar-refractivity contribution in [1.82, 2.24) is 4.90 Å². The Morgan fingerprint density at radius 3 is 2.42 bits per heavy atom. The number of halogens is 1. The molecule has 0 N–H and O–H groups in total. The van der Waals surface area contributed by atoms with Crippen LogP contribution in [0.5, 0.6) is 5.75 Å². The molecule has 4 aromatic rings. The zero-order valence-corrected chi connectivity index (χ0v) is 17.4. The van der Waals surface area contributed by atoms with E-state index in [1.165, 1.54) is 0 Å². The van der Waals surface area contributed by atoms with Crippen LogP contribution in [0.3, 0.4) is 0 Å². The number of ether oxygens (including phenoxy) is 1. The predicted octanol–water partition coefficient (Wildman–Crippen LogP) is 5.20. The topological polar surface area (TPSA) is 59.8 Å². The van der Waals surface area contributed by atoms with E-state index in [2.05, 4.69) is 0 Å². The molecule has 0 saturated carbocycles. The summed E-state index contributed by atoms with van der Waals surface area (Å²) < 4.78 is 11.2. The van der Waals surface area contributed by atoms with Crippen LogP contribution in [-0.4, -0.2) is 17.9 Å². The third-order valence-corrected chi connectivity index (χ3v) is 5.97. The first-order valence-electron chi connectivity index (χ1n) is 9.82. The Bertz CT molecular complexity index is 1360. The maximum atomic E-state index is 13.4. The minimum absolute atomic E-state index is 0.0802. The number of rotatable bonds is 4. The highest BCUT2D eigenvalue weighted by Gasteiger charge is 2.42. The summed E-state index contributed by atoms with van der Waals surface area (Å²) >= 11 is 6.37. The molecule has 0 radical (unpaired) electrons. The second-order valence-corrected chi connectivity index (χ2v) is 7.78. The van der Waals surface area contributed by atoms with Crippen LogP contribution < -0.4 is 10.2 Å². The maximum Gasteiger partial charge on any atom is 0.291 e. The lowest BCUT2D eigenvalue weighted by Gasteiger charge is -2.25. The van der Waals surface area contributed by atoms with E-state index in [0.717, 1.165) is 11.1 Å². The molecule has 6 heteroatoms. The van der Waals surface area contributed by atoms with Gasteiger partial charge in [-0.1, -0.05) is 54.1 Å². The Hall–Kier alpha value is -3.57. The van der Waals surface area contributed by atoms with Crippen molar-refractivity contribution in [1.29, 1.82) is 0 Å². The zero-order chi connectivity index (χ0) is 21.5. The molecule has 154 valence electrons. The second kappa shape index (κ2) is 7.60. The van der Waals surface area contributed by atoms with Crippen molar-refractivity contribution in [3.05, 3.63) is 110 Å². The summed E-state index contributed by atoms with van der Waals surface area (Å²) in [5.41, 5.74) is 2.13. The normalized spacial score (nSPS) is 15.4. The van der Waals surface area contributed by atoms with E-state index in [1.807, 2.05) is 42.5 Å². The van der Waals surface area contributed by atoms with Gasteiger partial charge in [0.1, 0.15) is 11.3 Å². The molecule has 5 nitrogen and oxygen atoms in total. The summed E-state index contributed by atoms with van der Waals surface area (Å²) in [4.78, 5) is 28.5. The molecule has 1 atom stereocenters. The van der Waals surface area contributed by atoms with Gasteiger partial charge in [-0.25, -0.2) is 0 Å². The van der Waals surface area contributed by atoms with Gasteiger partial charge in [-0.3, -0.25) is 9.59 Å². The van der Waals surface area contributed by atoms with Gasteiger partial charge < -0.3 is 14.1 Å². The Morgan fingerprint density at radius 2 is 1.68 bits per heavy atom. The van der Waals surface area contributed by atoms with Crippen molar-refractivity contribution < 1.29 is 13.9 Å². The number of para-hydroxylation sites is 1. The number of fused-ring (bicyclic) bond motifs is 2. The number of carbonyl (C=O) groups is 1. The summed E-state index contributed by atoms with van der Waals surface area (Å²) in [5.74, 6) is 0.437. The number of carbonyl (C=O) groups excluding carboxylic acids is 1. The number of nitrogens with zero attached hydrogens (tertiary/aromatic N) is 1. The molecule has 0 saturated heterocycles. The monoisotopic (exact) mass is 431 g/mol. The minimum atomic E-state index is -0.592. The summed E-state index contributed by atoms with van der Waals surface area (Å²) in [7, 11) is 1.59. The van der Waals surface area contributed by atoms with Crippen LogP contribution in [0.25, 0.3) is 11.0 Å². The molecule has 0 spiro atoms. The van der Waals surface area contributed by atoms with E-state index in [4.69, 9.17) is 20.8 Å². The number of benzene rings is 3. The van der Waals surface area contributed by atoms with Gasteiger partial charge in [-0.2, -0.15) is 0 Å². The molecule has 2 heterocycles. The maximum absolute atomic E-state index is 13.4. The van der Waals surface area contributed by atoms with Gasteiger partial charge in [0.2, 0.25) is 5.76 Å². The Balaban J connectivity index is 1.72. The van der Waals surface area contributed by atoms with Gasteiger partial charge in [0.05, 0.1) is 24.1 Å². The first-order valence-corrected chi connectivity index (χ1v) is 10.2. The van der Waals surface area contributed by atoms with Crippen molar-refractivity contribution >= 4 is 28.5 Å².